The lowest BCUT2D eigenvalue weighted by Gasteiger charge is -2.24. The molecule has 2 fully saturated rings. The molecule has 0 radical (unpaired) electrons. The van der Waals surface area contributed by atoms with Gasteiger partial charge >= 0.3 is 0 Å². The molecule has 3 heterocycles. The van der Waals surface area contributed by atoms with Crippen LogP contribution in [-0.2, 0) is 17.8 Å². The van der Waals surface area contributed by atoms with Crippen LogP contribution < -0.4 is 4.74 Å². The number of amides is 2. The second kappa shape index (κ2) is 9.22. The van der Waals surface area contributed by atoms with Gasteiger partial charge in [0.25, 0.3) is 11.8 Å². The van der Waals surface area contributed by atoms with Crippen LogP contribution in [0.5, 0.6) is 5.75 Å². The standard InChI is InChI=1S/C22H27F2N5O3/c1-2-32-18-7-5-16(6-8-18)11-20(30)29-15-22(23,24)12-17(29)13-28-14-19(25-26-28)21(31)27-9-3-4-10-27/h5-8,14,17H,2-4,9-13,15H2,1H3/t17-/m0/s1. The fourth-order valence-corrected chi connectivity index (χ4v) is 4.28. The molecule has 8 nitrogen and oxygen atoms in total. The number of nitrogens with zero attached hydrogens (tertiary/aromatic N) is 5. The van der Waals surface area contributed by atoms with Crippen molar-refractivity contribution in [3.05, 3.63) is 41.7 Å². The van der Waals surface area contributed by atoms with Crippen LogP contribution in [0.25, 0.3) is 0 Å². The first-order valence-electron chi connectivity index (χ1n) is 10.9. The number of benzene rings is 1. The molecule has 2 saturated heterocycles. The van der Waals surface area contributed by atoms with Gasteiger partial charge in [0.1, 0.15) is 5.75 Å². The van der Waals surface area contributed by atoms with Crippen LogP contribution in [0.3, 0.4) is 0 Å². The largest absolute Gasteiger partial charge is 0.494 e. The maximum Gasteiger partial charge on any atom is 0.276 e. The smallest absolute Gasteiger partial charge is 0.276 e. The Labute approximate surface area is 185 Å². The van der Waals surface area contributed by atoms with Gasteiger partial charge in [-0.3, -0.25) is 9.59 Å². The molecule has 32 heavy (non-hydrogen) atoms. The fraction of sp³-hybridized carbons (Fsp3) is 0.545. The monoisotopic (exact) mass is 447 g/mol. The molecule has 0 saturated carbocycles. The molecule has 0 bridgehead atoms. The first-order valence-corrected chi connectivity index (χ1v) is 10.9. The van der Waals surface area contributed by atoms with Crippen LogP contribution >= 0.6 is 0 Å². The van der Waals surface area contributed by atoms with Crippen molar-refractivity contribution in [1.82, 2.24) is 24.8 Å². The lowest BCUT2D eigenvalue weighted by Crippen LogP contribution is -2.39. The Hall–Kier alpha value is -3.04. The zero-order valence-corrected chi connectivity index (χ0v) is 18.0. The molecule has 10 heteroatoms. The molecule has 2 aliphatic rings. The Bertz CT molecular complexity index is 957. The summed E-state index contributed by atoms with van der Waals surface area (Å²) in [7, 11) is 0. The van der Waals surface area contributed by atoms with E-state index in [1.807, 2.05) is 6.92 Å². The Balaban J connectivity index is 1.42. The number of alkyl halides is 2. The molecule has 0 unspecified atom stereocenters. The predicted octanol–water partition coefficient (Wildman–Crippen LogP) is 2.39. The molecule has 1 aromatic carbocycles. The molecule has 2 aliphatic heterocycles. The lowest BCUT2D eigenvalue weighted by atomic mass is 10.1. The van der Waals surface area contributed by atoms with E-state index in [1.165, 1.54) is 15.8 Å². The van der Waals surface area contributed by atoms with E-state index in [2.05, 4.69) is 10.3 Å². The maximum atomic E-state index is 14.2. The Morgan fingerprint density at radius 1 is 1.19 bits per heavy atom. The van der Waals surface area contributed by atoms with Gasteiger partial charge in [-0.15, -0.1) is 5.10 Å². The minimum absolute atomic E-state index is 0.0229. The third kappa shape index (κ3) is 5.05. The van der Waals surface area contributed by atoms with Crippen molar-refractivity contribution in [3.8, 4) is 5.75 Å². The fourth-order valence-electron chi connectivity index (χ4n) is 4.28. The minimum Gasteiger partial charge on any atom is -0.494 e. The summed E-state index contributed by atoms with van der Waals surface area (Å²) in [5.74, 6) is -2.84. The number of rotatable bonds is 7. The normalized spacial score (nSPS) is 20.0. The maximum absolute atomic E-state index is 14.2. The average molecular weight is 447 g/mol. The van der Waals surface area contributed by atoms with Crippen molar-refractivity contribution in [2.24, 2.45) is 0 Å². The topological polar surface area (TPSA) is 80.6 Å². The van der Waals surface area contributed by atoms with Gasteiger partial charge in [-0.05, 0) is 37.5 Å². The van der Waals surface area contributed by atoms with Gasteiger partial charge in [0.05, 0.1) is 38.4 Å². The molecular weight excluding hydrogens is 420 g/mol. The Morgan fingerprint density at radius 2 is 1.91 bits per heavy atom. The number of carbonyl (C=O) groups is 2. The number of halogens is 2. The van der Waals surface area contributed by atoms with Gasteiger partial charge < -0.3 is 14.5 Å². The van der Waals surface area contributed by atoms with Gasteiger partial charge in [0, 0.05) is 19.5 Å². The highest BCUT2D eigenvalue weighted by Crippen LogP contribution is 2.33. The van der Waals surface area contributed by atoms with Gasteiger partial charge in [0.2, 0.25) is 5.91 Å². The number of aromatic nitrogens is 3. The van der Waals surface area contributed by atoms with Crippen LogP contribution in [0.2, 0.25) is 0 Å². The summed E-state index contributed by atoms with van der Waals surface area (Å²) in [6, 6.07) is 6.32. The minimum atomic E-state index is -2.96. The van der Waals surface area contributed by atoms with Gasteiger partial charge in [-0.1, -0.05) is 17.3 Å². The first-order chi connectivity index (χ1) is 15.3. The summed E-state index contributed by atoms with van der Waals surface area (Å²) in [4.78, 5) is 28.2. The molecule has 0 N–H and O–H groups in total. The highest BCUT2D eigenvalue weighted by atomic mass is 19.3. The van der Waals surface area contributed by atoms with Gasteiger partial charge in [-0.25, -0.2) is 13.5 Å². The SMILES string of the molecule is CCOc1ccc(CC(=O)N2CC(F)(F)C[C@H]2Cn2cc(C(=O)N3CCCC3)nn2)cc1. The van der Waals surface area contributed by atoms with Crippen LogP contribution in [0, 0.1) is 0 Å². The van der Waals surface area contributed by atoms with Crippen molar-refractivity contribution in [2.75, 3.05) is 26.2 Å². The first kappa shape index (κ1) is 22.2. The second-order valence-electron chi connectivity index (χ2n) is 8.31. The average Bonchev–Trinajstić information content (AvgIpc) is 3.50. The third-order valence-electron chi connectivity index (χ3n) is 5.84. The number of hydrogen-bond acceptors (Lipinski definition) is 5. The molecule has 4 rings (SSSR count). The summed E-state index contributed by atoms with van der Waals surface area (Å²) in [5.41, 5.74) is 0.926. The third-order valence-corrected chi connectivity index (χ3v) is 5.84. The van der Waals surface area contributed by atoms with Gasteiger partial charge in [-0.2, -0.15) is 0 Å². The summed E-state index contributed by atoms with van der Waals surface area (Å²) in [6.45, 7) is 3.23. The highest BCUT2D eigenvalue weighted by Gasteiger charge is 2.47. The lowest BCUT2D eigenvalue weighted by molar-refractivity contribution is -0.132. The molecule has 1 aromatic heterocycles. The van der Waals surface area contributed by atoms with Crippen molar-refractivity contribution < 1.29 is 23.1 Å². The Kier molecular flexibility index (Phi) is 6.38. The van der Waals surface area contributed by atoms with Crippen molar-refractivity contribution in [2.45, 2.75) is 51.1 Å². The van der Waals surface area contributed by atoms with Crippen molar-refractivity contribution >= 4 is 11.8 Å². The van der Waals surface area contributed by atoms with Crippen LogP contribution in [0.4, 0.5) is 8.78 Å². The zero-order valence-electron chi connectivity index (χ0n) is 18.0. The van der Waals surface area contributed by atoms with E-state index in [-0.39, 0.29) is 30.5 Å². The number of hydrogen-bond donors (Lipinski definition) is 0. The summed E-state index contributed by atoms with van der Waals surface area (Å²) in [5, 5.41) is 7.87. The van der Waals surface area contributed by atoms with E-state index in [0.29, 0.717) is 25.4 Å². The number of carbonyl (C=O) groups excluding carboxylic acids is 2. The molecule has 0 spiro atoms. The molecule has 172 valence electrons. The number of likely N-dealkylation sites (tertiary alicyclic amines) is 2. The second-order valence-corrected chi connectivity index (χ2v) is 8.31. The van der Waals surface area contributed by atoms with E-state index in [1.54, 1.807) is 29.2 Å². The molecule has 0 aliphatic carbocycles. The van der Waals surface area contributed by atoms with E-state index >= 15 is 0 Å². The summed E-state index contributed by atoms with van der Waals surface area (Å²) in [6.07, 6.45) is 2.98. The van der Waals surface area contributed by atoms with Crippen LogP contribution in [0.1, 0.15) is 42.2 Å². The van der Waals surface area contributed by atoms with Crippen molar-refractivity contribution in [3.63, 3.8) is 0 Å². The zero-order chi connectivity index (χ0) is 22.7. The van der Waals surface area contributed by atoms with Crippen molar-refractivity contribution in [1.29, 1.82) is 0 Å². The highest BCUT2D eigenvalue weighted by molar-refractivity contribution is 5.92. The van der Waals surface area contributed by atoms with Crippen LogP contribution in [-0.4, -0.2) is 74.8 Å². The van der Waals surface area contributed by atoms with E-state index in [0.717, 1.165) is 18.4 Å². The number of ether oxygens (including phenoxy) is 1. The summed E-state index contributed by atoms with van der Waals surface area (Å²) >= 11 is 0. The molecule has 2 amide bonds. The molecular formula is C22H27F2N5O3. The predicted molar refractivity (Wildman–Crippen MR) is 112 cm³/mol. The molecule has 1 atom stereocenters. The quantitative estimate of drug-likeness (QED) is 0.651. The van der Waals surface area contributed by atoms with Crippen LogP contribution in [0.15, 0.2) is 30.5 Å². The van der Waals surface area contributed by atoms with E-state index in [4.69, 9.17) is 4.74 Å². The summed E-state index contributed by atoms with van der Waals surface area (Å²) < 4.78 is 35.2. The van der Waals surface area contributed by atoms with E-state index < -0.39 is 24.9 Å². The molecule has 2 aromatic rings. The van der Waals surface area contributed by atoms with Gasteiger partial charge in [0.15, 0.2) is 5.69 Å². The Morgan fingerprint density at radius 3 is 2.59 bits per heavy atom. The van der Waals surface area contributed by atoms with E-state index in [9.17, 15) is 18.4 Å².